The summed E-state index contributed by atoms with van der Waals surface area (Å²) in [6.45, 7) is 0. The number of ketones is 1. The molecule has 0 radical (unpaired) electrons. The molecular formula is C20H17ClN2O2. The minimum absolute atomic E-state index is 0.140. The lowest BCUT2D eigenvalue weighted by Crippen LogP contribution is -2.20. The van der Waals surface area contributed by atoms with Crippen LogP contribution >= 0.6 is 11.6 Å². The van der Waals surface area contributed by atoms with E-state index in [9.17, 15) is 4.79 Å². The molecule has 0 spiro atoms. The average molecular weight is 353 g/mol. The second kappa shape index (κ2) is 6.37. The number of halogens is 1. The lowest BCUT2D eigenvalue weighted by molar-refractivity contribution is 0.0963. The van der Waals surface area contributed by atoms with Crippen molar-refractivity contribution < 1.29 is 9.53 Å². The van der Waals surface area contributed by atoms with E-state index in [2.05, 4.69) is 5.10 Å². The molecule has 0 saturated carbocycles. The fraction of sp³-hybridized carbons (Fsp3) is 0.200. The molecule has 25 heavy (non-hydrogen) atoms. The van der Waals surface area contributed by atoms with Gasteiger partial charge >= 0.3 is 0 Å². The number of hydrogen-bond donors (Lipinski definition) is 0. The SMILES string of the molecule is COc1ccc(-n2ncc3c2C[C@H](c2ccc(Cl)cc2)CC3=O)cc1. The van der Waals surface area contributed by atoms with Crippen molar-refractivity contribution in [1.29, 1.82) is 0 Å². The highest BCUT2D eigenvalue weighted by Crippen LogP contribution is 2.34. The van der Waals surface area contributed by atoms with E-state index in [1.54, 1.807) is 13.3 Å². The van der Waals surface area contributed by atoms with E-state index in [1.165, 1.54) is 0 Å². The van der Waals surface area contributed by atoms with E-state index >= 15 is 0 Å². The Morgan fingerprint density at radius 2 is 1.80 bits per heavy atom. The lowest BCUT2D eigenvalue weighted by atomic mass is 9.82. The van der Waals surface area contributed by atoms with Crippen LogP contribution in [0.4, 0.5) is 0 Å². The molecule has 0 N–H and O–H groups in total. The molecule has 1 aliphatic carbocycles. The summed E-state index contributed by atoms with van der Waals surface area (Å²) in [4.78, 5) is 12.6. The molecule has 1 aromatic heterocycles. The largest absolute Gasteiger partial charge is 0.497 e. The van der Waals surface area contributed by atoms with Gasteiger partial charge in [0.15, 0.2) is 5.78 Å². The van der Waals surface area contributed by atoms with E-state index < -0.39 is 0 Å². The van der Waals surface area contributed by atoms with Crippen molar-refractivity contribution in [2.75, 3.05) is 7.11 Å². The number of nitrogens with zero attached hydrogens (tertiary/aromatic N) is 2. The monoisotopic (exact) mass is 352 g/mol. The number of aromatic nitrogens is 2. The minimum Gasteiger partial charge on any atom is -0.497 e. The molecule has 1 atom stereocenters. The zero-order chi connectivity index (χ0) is 17.4. The van der Waals surface area contributed by atoms with Crippen molar-refractivity contribution in [2.45, 2.75) is 18.8 Å². The number of hydrogen-bond acceptors (Lipinski definition) is 3. The number of carbonyl (C=O) groups excluding carboxylic acids is 1. The van der Waals surface area contributed by atoms with E-state index in [4.69, 9.17) is 16.3 Å². The highest BCUT2D eigenvalue weighted by Gasteiger charge is 2.30. The predicted molar refractivity (Wildman–Crippen MR) is 97.0 cm³/mol. The molecule has 0 bridgehead atoms. The fourth-order valence-electron chi connectivity index (χ4n) is 3.36. The van der Waals surface area contributed by atoms with Gasteiger partial charge in [-0.1, -0.05) is 23.7 Å². The van der Waals surface area contributed by atoms with Crippen molar-refractivity contribution in [3.8, 4) is 11.4 Å². The molecule has 0 unspecified atom stereocenters. The van der Waals surface area contributed by atoms with Crippen molar-refractivity contribution in [3.05, 3.63) is 76.6 Å². The maximum atomic E-state index is 12.6. The van der Waals surface area contributed by atoms with Crippen molar-refractivity contribution in [2.24, 2.45) is 0 Å². The number of fused-ring (bicyclic) bond motifs is 1. The van der Waals surface area contributed by atoms with Crippen molar-refractivity contribution in [3.63, 3.8) is 0 Å². The number of carbonyl (C=O) groups is 1. The number of rotatable bonds is 3. The zero-order valence-electron chi connectivity index (χ0n) is 13.8. The van der Waals surface area contributed by atoms with Gasteiger partial charge in [0.05, 0.1) is 30.3 Å². The molecular weight excluding hydrogens is 336 g/mol. The van der Waals surface area contributed by atoms with E-state index in [0.29, 0.717) is 11.4 Å². The number of benzene rings is 2. The van der Waals surface area contributed by atoms with Crippen LogP contribution in [-0.4, -0.2) is 22.7 Å². The first-order valence-electron chi connectivity index (χ1n) is 8.15. The normalized spacial score (nSPS) is 16.6. The maximum absolute atomic E-state index is 12.6. The molecule has 0 amide bonds. The molecule has 0 fully saturated rings. The summed E-state index contributed by atoms with van der Waals surface area (Å²) in [5, 5.41) is 5.15. The average Bonchev–Trinajstić information content (AvgIpc) is 3.07. The molecule has 0 saturated heterocycles. The van der Waals surface area contributed by atoms with Crippen LogP contribution in [0.1, 0.15) is 34.0 Å². The van der Waals surface area contributed by atoms with E-state index in [-0.39, 0.29) is 11.7 Å². The molecule has 4 rings (SSSR count). The summed E-state index contributed by atoms with van der Waals surface area (Å²) in [6.07, 6.45) is 2.96. The van der Waals surface area contributed by atoms with Gasteiger partial charge in [-0.05, 0) is 54.3 Å². The van der Waals surface area contributed by atoms with Crippen LogP contribution in [0.5, 0.6) is 5.75 Å². The maximum Gasteiger partial charge on any atom is 0.166 e. The van der Waals surface area contributed by atoms with Gasteiger partial charge in [0.25, 0.3) is 0 Å². The molecule has 2 aromatic carbocycles. The highest BCUT2D eigenvalue weighted by molar-refractivity contribution is 6.30. The van der Waals surface area contributed by atoms with E-state index in [0.717, 1.165) is 34.7 Å². The van der Waals surface area contributed by atoms with Crippen molar-refractivity contribution in [1.82, 2.24) is 9.78 Å². The smallest absolute Gasteiger partial charge is 0.166 e. The first kappa shape index (κ1) is 15.9. The first-order chi connectivity index (χ1) is 12.2. The van der Waals surface area contributed by atoms with Gasteiger partial charge in [-0.3, -0.25) is 4.79 Å². The minimum atomic E-state index is 0.140. The Balaban J connectivity index is 1.70. The summed E-state index contributed by atoms with van der Waals surface area (Å²) in [6, 6.07) is 15.4. The Morgan fingerprint density at radius 3 is 2.48 bits per heavy atom. The first-order valence-corrected chi connectivity index (χ1v) is 8.53. The number of ether oxygens (including phenoxy) is 1. The molecule has 0 aliphatic heterocycles. The quantitative estimate of drug-likeness (QED) is 0.699. The second-order valence-electron chi connectivity index (χ2n) is 6.19. The third kappa shape index (κ3) is 2.94. The Hall–Kier alpha value is -2.59. The Labute approximate surface area is 151 Å². The van der Waals surface area contributed by atoms with Crippen LogP contribution < -0.4 is 4.74 Å². The summed E-state index contributed by atoms with van der Waals surface area (Å²) in [5.41, 5.74) is 3.74. The summed E-state index contributed by atoms with van der Waals surface area (Å²) < 4.78 is 7.06. The Morgan fingerprint density at radius 1 is 1.08 bits per heavy atom. The summed E-state index contributed by atoms with van der Waals surface area (Å²) in [7, 11) is 1.64. The highest BCUT2D eigenvalue weighted by atomic mass is 35.5. The van der Waals surface area contributed by atoms with Gasteiger partial charge in [-0.2, -0.15) is 5.10 Å². The van der Waals surface area contributed by atoms with Crippen LogP contribution in [-0.2, 0) is 6.42 Å². The van der Waals surface area contributed by atoms with Gasteiger partial charge < -0.3 is 4.74 Å². The third-order valence-corrected chi connectivity index (χ3v) is 4.95. The molecule has 126 valence electrons. The Bertz CT molecular complexity index is 914. The van der Waals surface area contributed by atoms with Crippen LogP contribution in [0.15, 0.2) is 54.7 Å². The van der Waals surface area contributed by atoms with E-state index in [1.807, 2.05) is 53.2 Å². The second-order valence-corrected chi connectivity index (χ2v) is 6.63. The molecule has 1 heterocycles. The van der Waals surface area contributed by atoms with Gasteiger partial charge in [-0.15, -0.1) is 0 Å². The third-order valence-electron chi connectivity index (χ3n) is 4.70. The summed E-state index contributed by atoms with van der Waals surface area (Å²) in [5.74, 6) is 1.08. The van der Waals surface area contributed by atoms with Crippen LogP contribution in [0.2, 0.25) is 5.02 Å². The van der Waals surface area contributed by atoms with Crippen LogP contribution in [0.25, 0.3) is 5.69 Å². The molecule has 4 nitrogen and oxygen atoms in total. The lowest BCUT2D eigenvalue weighted by Gasteiger charge is -2.23. The number of methoxy groups -OCH3 is 1. The van der Waals surface area contributed by atoms with Gasteiger partial charge in [0.1, 0.15) is 5.75 Å². The van der Waals surface area contributed by atoms with Gasteiger partial charge in [0.2, 0.25) is 0 Å². The fourth-order valence-corrected chi connectivity index (χ4v) is 3.48. The van der Waals surface area contributed by atoms with Crippen molar-refractivity contribution >= 4 is 17.4 Å². The Kier molecular flexibility index (Phi) is 4.06. The zero-order valence-corrected chi connectivity index (χ0v) is 14.5. The van der Waals surface area contributed by atoms with Crippen LogP contribution in [0.3, 0.4) is 0 Å². The van der Waals surface area contributed by atoms with Crippen LogP contribution in [0, 0.1) is 0 Å². The molecule has 3 aromatic rings. The standard InChI is InChI=1S/C20H17ClN2O2/c1-25-17-8-6-16(7-9-17)23-19-10-14(11-20(24)18(19)12-22-23)13-2-4-15(21)5-3-13/h2-9,12,14H,10-11H2,1H3/t14-/m0/s1. The molecule has 5 heteroatoms. The molecule has 1 aliphatic rings. The predicted octanol–water partition coefficient (Wildman–Crippen LogP) is 4.45. The summed E-state index contributed by atoms with van der Waals surface area (Å²) >= 11 is 5.98. The van der Waals surface area contributed by atoms with Gasteiger partial charge in [-0.25, -0.2) is 4.68 Å². The number of Topliss-reactive ketones (excluding diaryl/α,β-unsaturated/α-hetero) is 1. The van der Waals surface area contributed by atoms with Gasteiger partial charge in [0, 0.05) is 11.4 Å². The topological polar surface area (TPSA) is 44.1 Å².